The Balaban J connectivity index is 2.51. The van der Waals surface area contributed by atoms with E-state index in [2.05, 4.69) is 31.7 Å². The molecule has 1 N–H and O–H groups in total. The topological polar surface area (TPSA) is 29.9 Å². The molecule has 2 aromatic rings. The van der Waals surface area contributed by atoms with Gasteiger partial charge in [-0.1, -0.05) is 11.6 Å². The van der Waals surface area contributed by atoms with E-state index in [0.717, 1.165) is 25.6 Å². The lowest BCUT2D eigenvalue weighted by Crippen LogP contribution is -2.20. The van der Waals surface area contributed by atoms with Gasteiger partial charge in [0.2, 0.25) is 0 Å². The largest absolute Gasteiger partial charge is 0.307 e. The van der Waals surface area contributed by atoms with Gasteiger partial charge in [0.25, 0.3) is 0 Å². The Bertz CT molecular complexity index is 515. The first kappa shape index (κ1) is 13.1. The number of nitrogens with zero attached hydrogens (tertiary/aromatic N) is 2. The summed E-state index contributed by atoms with van der Waals surface area (Å²) in [6, 6.07) is 0.0584. The van der Waals surface area contributed by atoms with E-state index in [0.29, 0.717) is 0 Å². The lowest BCUT2D eigenvalue weighted by Gasteiger charge is -2.16. The molecule has 0 bridgehead atoms. The summed E-state index contributed by atoms with van der Waals surface area (Å²) in [5.41, 5.74) is 2.20. The van der Waals surface area contributed by atoms with E-state index in [4.69, 9.17) is 11.6 Å². The van der Waals surface area contributed by atoms with Crippen molar-refractivity contribution in [2.24, 2.45) is 7.05 Å². The average Bonchev–Trinajstić information content (AvgIpc) is 2.79. The lowest BCUT2D eigenvalue weighted by molar-refractivity contribution is 0.611. The first-order valence-corrected chi connectivity index (χ1v) is 7.19. The van der Waals surface area contributed by atoms with Gasteiger partial charge in [-0.05, 0) is 40.8 Å². The van der Waals surface area contributed by atoms with Crippen LogP contribution in [0.4, 0.5) is 0 Å². The van der Waals surface area contributed by atoms with Crippen molar-refractivity contribution in [1.29, 1.82) is 0 Å². The van der Waals surface area contributed by atoms with Gasteiger partial charge in [-0.3, -0.25) is 4.68 Å². The quantitative estimate of drug-likeness (QED) is 0.931. The third-order valence-electron chi connectivity index (χ3n) is 2.69. The SMILES string of the molecule is CNC(c1scc(C)c1Cl)c1c(Br)cnn1C. The first-order chi connectivity index (χ1) is 8.06. The van der Waals surface area contributed by atoms with Gasteiger partial charge in [-0.25, -0.2) is 0 Å². The van der Waals surface area contributed by atoms with E-state index >= 15 is 0 Å². The molecular weight excluding hydrogens is 322 g/mol. The van der Waals surface area contributed by atoms with Crippen LogP contribution in [0.3, 0.4) is 0 Å². The summed E-state index contributed by atoms with van der Waals surface area (Å²) in [4.78, 5) is 1.12. The Morgan fingerprint density at radius 1 is 1.59 bits per heavy atom. The minimum Gasteiger partial charge on any atom is -0.307 e. The first-order valence-electron chi connectivity index (χ1n) is 5.14. The summed E-state index contributed by atoms with van der Waals surface area (Å²) < 4.78 is 2.85. The summed E-state index contributed by atoms with van der Waals surface area (Å²) in [6.45, 7) is 2.02. The van der Waals surface area contributed by atoms with Crippen LogP contribution in [0.5, 0.6) is 0 Å². The molecule has 0 saturated carbocycles. The smallest absolute Gasteiger partial charge is 0.0866 e. The molecule has 0 fully saturated rings. The molecule has 1 unspecified atom stereocenters. The predicted molar refractivity (Wildman–Crippen MR) is 75.9 cm³/mol. The van der Waals surface area contributed by atoms with Crippen LogP contribution < -0.4 is 5.32 Å². The maximum absolute atomic E-state index is 6.33. The predicted octanol–water partition coefficient (Wildman–Crippen LogP) is 3.51. The highest BCUT2D eigenvalue weighted by Gasteiger charge is 2.23. The Hall–Kier alpha value is -0.360. The highest BCUT2D eigenvalue weighted by atomic mass is 79.9. The van der Waals surface area contributed by atoms with Gasteiger partial charge in [-0.15, -0.1) is 11.3 Å². The molecule has 17 heavy (non-hydrogen) atoms. The fraction of sp³-hybridized carbons (Fsp3) is 0.364. The second-order valence-electron chi connectivity index (χ2n) is 3.82. The van der Waals surface area contributed by atoms with Crippen LogP contribution in [0.2, 0.25) is 5.02 Å². The van der Waals surface area contributed by atoms with Crippen LogP contribution in [0.1, 0.15) is 22.2 Å². The van der Waals surface area contributed by atoms with Crippen molar-refractivity contribution in [1.82, 2.24) is 15.1 Å². The Kier molecular flexibility index (Phi) is 3.92. The average molecular weight is 335 g/mol. The summed E-state index contributed by atoms with van der Waals surface area (Å²) >= 11 is 11.5. The lowest BCUT2D eigenvalue weighted by atomic mass is 10.1. The monoisotopic (exact) mass is 333 g/mol. The highest BCUT2D eigenvalue weighted by molar-refractivity contribution is 9.10. The number of rotatable bonds is 3. The number of hydrogen-bond acceptors (Lipinski definition) is 3. The van der Waals surface area contributed by atoms with E-state index in [1.165, 1.54) is 0 Å². The van der Waals surface area contributed by atoms with E-state index < -0.39 is 0 Å². The molecule has 92 valence electrons. The molecule has 0 amide bonds. The molecule has 0 saturated heterocycles. The van der Waals surface area contributed by atoms with Gasteiger partial charge < -0.3 is 5.32 Å². The van der Waals surface area contributed by atoms with Gasteiger partial charge >= 0.3 is 0 Å². The zero-order chi connectivity index (χ0) is 12.6. The molecule has 0 aromatic carbocycles. The zero-order valence-electron chi connectivity index (χ0n) is 9.79. The van der Waals surface area contributed by atoms with Crippen LogP contribution in [0, 0.1) is 6.92 Å². The molecule has 2 aromatic heterocycles. The molecule has 6 heteroatoms. The summed E-state index contributed by atoms with van der Waals surface area (Å²) in [7, 11) is 3.86. The summed E-state index contributed by atoms with van der Waals surface area (Å²) in [5.74, 6) is 0. The number of nitrogens with one attached hydrogen (secondary N) is 1. The maximum Gasteiger partial charge on any atom is 0.0866 e. The Labute approximate surface area is 118 Å². The zero-order valence-corrected chi connectivity index (χ0v) is 12.9. The van der Waals surface area contributed by atoms with Gasteiger partial charge in [0.05, 0.1) is 27.4 Å². The van der Waals surface area contributed by atoms with Crippen molar-refractivity contribution in [3.05, 3.63) is 37.2 Å². The summed E-state index contributed by atoms with van der Waals surface area (Å²) in [6.07, 6.45) is 1.80. The standard InChI is InChI=1S/C11H13BrClN3S/c1-6-5-17-11(8(6)13)9(14-2)10-7(12)4-15-16(10)3/h4-5,9,14H,1-3H3. The molecule has 0 radical (unpaired) electrons. The van der Waals surface area contributed by atoms with Gasteiger partial charge in [0, 0.05) is 11.9 Å². The minimum absolute atomic E-state index is 0.0584. The van der Waals surface area contributed by atoms with Gasteiger partial charge in [0.15, 0.2) is 0 Å². The van der Waals surface area contributed by atoms with Crippen LogP contribution in [-0.4, -0.2) is 16.8 Å². The fourth-order valence-corrected chi connectivity index (χ4v) is 3.77. The molecule has 2 rings (SSSR count). The van der Waals surface area contributed by atoms with Gasteiger partial charge in [0.1, 0.15) is 0 Å². The third kappa shape index (κ3) is 2.29. The molecule has 0 aliphatic carbocycles. The van der Waals surface area contributed by atoms with Crippen molar-refractivity contribution in [3.63, 3.8) is 0 Å². The van der Waals surface area contributed by atoms with E-state index in [9.17, 15) is 0 Å². The van der Waals surface area contributed by atoms with Crippen LogP contribution in [-0.2, 0) is 7.05 Å². The molecule has 1 atom stereocenters. The Morgan fingerprint density at radius 2 is 2.29 bits per heavy atom. The maximum atomic E-state index is 6.33. The number of halogens is 2. The number of aromatic nitrogens is 2. The number of thiophene rings is 1. The molecular formula is C11H13BrClN3S. The molecule has 0 spiro atoms. The van der Waals surface area contributed by atoms with Crippen molar-refractivity contribution >= 4 is 38.9 Å². The fourth-order valence-electron chi connectivity index (χ4n) is 1.78. The van der Waals surface area contributed by atoms with Gasteiger partial charge in [-0.2, -0.15) is 5.10 Å². The highest BCUT2D eigenvalue weighted by Crippen LogP contribution is 2.37. The van der Waals surface area contributed by atoms with Crippen LogP contribution in [0.15, 0.2) is 16.0 Å². The second kappa shape index (κ2) is 5.10. The number of hydrogen-bond donors (Lipinski definition) is 1. The number of aryl methyl sites for hydroxylation is 2. The van der Waals surface area contributed by atoms with E-state index in [1.54, 1.807) is 17.5 Å². The molecule has 0 aliphatic heterocycles. The molecule has 3 nitrogen and oxygen atoms in total. The third-order valence-corrected chi connectivity index (χ3v) is 5.08. The van der Waals surface area contributed by atoms with Crippen molar-refractivity contribution in [2.75, 3.05) is 7.05 Å². The van der Waals surface area contributed by atoms with Crippen molar-refractivity contribution in [2.45, 2.75) is 13.0 Å². The Morgan fingerprint density at radius 3 is 2.71 bits per heavy atom. The normalized spacial score (nSPS) is 13.0. The van der Waals surface area contributed by atoms with Crippen LogP contribution in [0.25, 0.3) is 0 Å². The molecule has 0 aliphatic rings. The van der Waals surface area contributed by atoms with Crippen LogP contribution >= 0.6 is 38.9 Å². The summed E-state index contributed by atoms with van der Waals surface area (Å²) in [5, 5.41) is 10.4. The van der Waals surface area contributed by atoms with Crippen molar-refractivity contribution < 1.29 is 0 Å². The van der Waals surface area contributed by atoms with Crippen molar-refractivity contribution in [3.8, 4) is 0 Å². The molecule has 2 heterocycles. The van der Waals surface area contributed by atoms with E-state index in [-0.39, 0.29) is 6.04 Å². The minimum atomic E-state index is 0.0584. The second-order valence-corrected chi connectivity index (χ2v) is 5.96. The van der Waals surface area contributed by atoms with E-state index in [1.807, 2.05) is 25.7 Å².